The third kappa shape index (κ3) is 4.92. The maximum Gasteiger partial charge on any atom is 0.223 e. The molecule has 0 aliphatic heterocycles. The largest absolute Gasteiger partial charge is 0.346 e. The van der Waals surface area contributed by atoms with Crippen molar-refractivity contribution in [2.24, 2.45) is 17.6 Å². The lowest BCUT2D eigenvalue weighted by Gasteiger charge is -2.28. The Morgan fingerprint density at radius 3 is 2.69 bits per heavy atom. The monoisotopic (exact) mass is 409 g/mol. The van der Waals surface area contributed by atoms with Crippen molar-refractivity contribution in [3.8, 4) is 10.7 Å². The van der Waals surface area contributed by atoms with Crippen molar-refractivity contribution in [3.63, 3.8) is 0 Å². The van der Waals surface area contributed by atoms with Crippen LogP contribution in [0, 0.1) is 11.8 Å². The summed E-state index contributed by atoms with van der Waals surface area (Å²) in [5.74, 6) is 1.51. The first-order chi connectivity index (χ1) is 14.2. The SMILES string of the molecule is NCC1CCC(C(=O)NC(Cc2ccccc2)c2ncc(-c3nccs3)[nH]2)CC1. The van der Waals surface area contributed by atoms with Crippen LogP contribution < -0.4 is 11.1 Å². The zero-order valence-corrected chi connectivity index (χ0v) is 17.2. The number of carbonyl (C=O) groups is 1. The molecule has 1 amide bonds. The van der Waals surface area contributed by atoms with Gasteiger partial charge in [0.1, 0.15) is 10.8 Å². The third-order valence-electron chi connectivity index (χ3n) is 5.74. The molecule has 0 bridgehead atoms. The van der Waals surface area contributed by atoms with Gasteiger partial charge in [-0.05, 0) is 50.1 Å². The normalized spacial score (nSPS) is 20.3. The molecule has 1 fully saturated rings. The second-order valence-corrected chi connectivity index (χ2v) is 8.62. The molecule has 0 spiro atoms. The van der Waals surface area contributed by atoms with Crippen molar-refractivity contribution in [1.82, 2.24) is 20.3 Å². The van der Waals surface area contributed by atoms with E-state index in [1.165, 1.54) is 0 Å². The van der Waals surface area contributed by atoms with Gasteiger partial charge >= 0.3 is 0 Å². The molecule has 3 aromatic rings. The van der Waals surface area contributed by atoms with E-state index in [4.69, 9.17) is 5.73 Å². The van der Waals surface area contributed by atoms with Gasteiger partial charge in [-0.1, -0.05) is 30.3 Å². The van der Waals surface area contributed by atoms with Crippen LogP contribution in [0.15, 0.2) is 48.1 Å². The average molecular weight is 410 g/mol. The van der Waals surface area contributed by atoms with Gasteiger partial charge in [0.05, 0.1) is 17.9 Å². The van der Waals surface area contributed by atoms with Gasteiger partial charge in [-0.15, -0.1) is 11.3 Å². The number of aromatic amines is 1. The molecule has 0 saturated heterocycles. The number of H-pyrrole nitrogens is 1. The highest BCUT2D eigenvalue weighted by Crippen LogP contribution is 2.29. The molecule has 1 aliphatic carbocycles. The highest BCUT2D eigenvalue weighted by molar-refractivity contribution is 7.13. The van der Waals surface area contributed by atoms with E-state index in [0.29, 0.717) is 12.3 Å². The van der Waals surface area contributed by atoms with Gasteiger partial charge < -0.3 is 16.0 Å². The maximum absolute atomic E-state index is 13.0. The Labute approximate surface area is 175 Å². The summed E-state index contributed by atoms with van der Waals surface area (Å²) in [5.41, 5.74) is 7.84. The van der Waals surface area contributed by atoms with E-state index < -0.39 is 0 Å². The molecule has 1 aromatic carbocycles. The van der Waals surface area contributed by atoms with Crippen LogP contribution in [0.4, 0.5) is 0 Å². The summed E-state index contributed by atoms with van der Waals surface area (Å²) in [6.07, 6.45) is 8.16. The van der Waals surface area contributed by atoms with Crippen LogP contribution in [0.3, 0.4) is 0 Å². The van der Waals surface area contributed by atoms with E-state index in [1.807, 2.05) is 23.6 Å². The Hall–Kier alpha value is -2.51. The molecule has 2 aromatic heterocycles. The van der Waals surface area contributed by atoms with Gasteiger partial charge in [-0.25, -0.2) is 9.97 Å². The minimum atomic E-state index is -0.203. The summed E-state index contributed by atoms with van der Waals surface area (Å²) in [6, 6.07) is 10.00. The van der Waals surface area contributed by atoms with Crippen molar-refractivity contribution in [2.45, 2.75) is 38.1 Å². The number of nitrogens with one attached hydrogen (secondary N) is 2. The molecule has 1 aliphatic rings. The smallest absolute Gasteiger partial charge is 0.223 e. The number of thiazole rings is 1. The van der Waals surface area contributed by atoms with Gasteiger partial charge in [-0.2, -0.15) is 0 Å². The predicted molar refractivity (Wildman–Crippen MR) is 115 cm³/mol. The molecule has 0 radical (unpaired) electrons. The van der Waals surface area contributed by atoms with E-state index in [9.17, 15) is 4.79 Å². The molecule has 7 heteroatoms. The van der Waals surface area contributed by atoms with E-state index in [2.05, 4.69) is 32.4 Å². The number of nitrogens with two attached hydrogens (primary N) is 1. The summed E-state index contributed by atoms with van der Waals surface area (Å²) < 4.78 is 0. The zero-order chi connectivity index (χ0) is 20.1. The average Bonchev–Trinajstić information content (AvgIpc) is 3.46. The summed E-state index contributed by atoms with van der Waals surface area (Å²) in [7, 11) is 0. The highest BCUT2D eigenvalue weighted by Gasteiger charge is 2.28. The first-order valence-corrected chi connectivity index (χ1v) is 11.1. The van der Waals surface area contributed by atoms with Gasteiger partial charge in [-0.3, -0.25) is 4.79 Å². The minimum Gasteiger partial charge on any atom is -0.346 e. The number of hydrogen-bond acceptors (Lipinski definition) is 5. The maximum atomic E-state index is 13.0. The number of imidazole rings is 1. The highest BCUT2D eigenvalue weighted by atomic mass is 32.1. The second kappa shape index (κ2) is 9.33. The zero-order valence-electron chi connectivity index (χ0n) is 16.4. The van der Waals surface area contributed by atoms with Gasteiger partial charge in [0.25, 0.3) is 0 Å². The molecular formula is C22H27N5OS. The Balaban J connectivity index is 1.50. The summed E-state index contributed by atoms with van der Waals surface area (Å²) in [4.78, 5) is 25.3. The van der Waals surface area contributed by atoms with Crippen LogP contribution in [-0.2, 0) is 11.2 Å². The molecule has 152 valence electrons. The topological polar surface area (TPSA) is 96.7 Å². The van der Waals surface area contributed by atoms with Crippen LogP contribution in [0.5, 0.6) is 0 Å². The Bertz CT molecular complexity index is 900. The summed E-state index contributed by atoms with van der Waals surface area (Å²) in [5, 5.41) is 6.10. The van der Waals surface area contributed by atoms with Crippen LogP contribution in [0.25, 0.3) is 10.7 Å². The van der Waals surface area contributed by atoms with Gasteiger partial charge in [0.15, 0.2) is 0 Å². The number of nitrogens with zero attached hydrogens (tertiary/aromatic N) is 2. The molecule has 2 heterocycles. The molecule has 6 nitrogen and oxygen atoms in total. The minimum absolute atomic E-state index is 0.0597. The fourth-order valence-corrected chi connectivity index (χ4v) is 4.60. The van der Waals surface area contributed by atoms with E-state index in [1.54, 1.807) is 23.7 Å². The molecule has 1 saturated carbocycles. The van der Waals surface area contributed by atoms with Crippen molar-refractivity contribution in [2.75, 3.05) is 6.54 Å². The van der Waals surface area contributed by atoms with Crippen molar-refractivity contribution >= 4 is 17.2 Å². The Morgan fingerprint density at radius 2 is 2.00 bits per heavy atom. The first kappa shape index (κ1) is 19.8. The van der Waals surface area contributed by atoms with Crippen LogP contribution in [0.2, 0.25) is 0 Å². The quantitative estimate of drug-likeness (QED) is 0.554. The number of benzene rings is 1. The number of carbonyl (C=O) groups excluding carboxylic acids is 1. The number of aromatic nitrogens is 3. The lowest BCUT2D eigenvalue weighted by molar-refractivity contribution is -0.127. The fourth-order valence-electron chi connectivity index (χ4n) is 3.99. The lowest BCUT2D eigenvalue weighted by Crippen LogP contribution is -2.37. The molecular weight excluding hydrogens is 382 g/mol. The second-order valence-electron chi connectivity index (χ2n) is 7.72. The molecule has 1 atom stereocenters. The van der Waals surface area contributed by atoms with Crippen molar-refractivity contribution in [1.29, 1.82) is 0 Å². The van der Waals surface area contributed by atoms with E-state index in [0.717, 1.165) is 54.3 Å². The lowest BCUT2D eigenvalue weighted by atomic mass is 9.81. The van der Waals surface area contributed by atoms with Gasteiger partial charge in [0.2, 0.25) is 5.91 Å². The van der Waals surface area contributed by atoms with Crippen LogP contribution >= 0.6 is 11.3 Å². The van der Waals surface area contributed by atoms with Crippen LogP contribution in [0.1, 0.15) is 43.1 Å². The van der Waals surface area contributed by atoms with Crippen molar-refractivity contribution in [3.05, 3.63) is 59.5 Å². The van der Waals surface area contributed by atoms with E-state index >= 15 is 0 Å². The van der Waals surface area contributed by atoms with Gasteiger partial charge in [0, 0.05) is 17.5 Å². The predicted octanol–water partition coefficient (Wildman–Crippen LogP) is 3.70. The number of amides is 1. The standard InChI is InChI=1S/C22H27N5OS/c23-13-16-6-8-17(9-7-16)21(28)27-18(12-15-4-2-1-3-5-15)20-25-14-19(26-20)22-24-10-11-29-22/h1-5,10-11,14,16-18H,6-9,12-13,23H2,(H,25,26)(H,27,28). The first-order valence-electron chi connectivity index (χ1n) is 10.2. The third-order valence-corrected chi connectivity index (χ3v) is 6.54. The molecule has 1 unspecified atom stereocenters. The molecule has 29 heavy (non-hydrogen) atoms. The summed E-state index contributed by atoms with van der Waals surface area (Å²) in [6.45, 7) is 0.719. The Kier molecular flexibility index (Phi) is 6.36. The summed E-state index contributed by atoms with van der Waals surface area (Å²) >= 11 is 1.56. The van der Waals surface area contributed by atoms with Crippen LogP contribution in [-0.4, -0.2) is 27.4 Å². The van der Waals surface area contributed by atoms with Crippen molar-refractivity contribution < 1.29 is 4.79 Å². The van der Waals surface area contributed by atoms with E-state index in [-0.39, 0.29) is 17.9 Å². The molecule has 4 N–H and O–H groups in total. The fraction of sp³-hybridized carbons (Fsp3) is 0.409. The number of hydrogen-bond donors (Lipinski definition) is 3. The Morgan fingerprint density at radius 1 is 1.21 bits per heavy atom. The number of rotatable bonds is 7. The molecule has 4 rings (SSSR count).